The number of furan rings is 1. The van der Waals surface area contributed by atoms with Crippen molar-refractivity contribution in [3.8, 4) is 17.1 Å². The zero-order valence-corrected chi connectivity index (χ0v) is 17.8. The first-order chi connectivity index (χ1) is 16.0. The number of fused-ring (bicyclic) bond motifs is 3. The van der Waals surface area contributed by atoms with Crippen LogP contribution in [0.4, 0.5) is 0 Å². The Morgan fingerprint density at radius 1 is 1.18 bits per heavy atom. The maximum Gasteiger partial charge on any atom is 0.255 e. The Morgan fingerprint density at radius 2 is 1.88 bits per heavy atom. The van der Waals surface area contributed by atoms with Crippen LogP contribution in [0.3, 0.4) is 0 Å². The third kappa shape index (κ3) is 2.54. The van der Waals surface area contributed by atoms with Gasteiger partial charge in [-0.25, -0.2) is 0 Å². The van der Waals surface area contributed by atoms with Gasteiger partial charge in [-0.05, 0) is 35.7 Å². The Hall–Kier alpha value is -3.89. The van der Waals surface area contributed by atoms with E-state index in [9.17, 15) is 39.9 Å². The summed E-state index contributed by atoms with van der Waals surface area (Å²) in [5.41, 5.74) is 1.79. The van der Waals surface area contributed by atoms with Crippen molar-refractivity contribution in [1.82, 2.24) is 0 Å². The third-order valence-corrected chi connectivity index (χ3v) is 7.27. The average Bonchev–Trinajstić information content (AvgIpc) is 3.31. The van der Waals surface area contributed by atoms with E-state index >= 15 is 0 Å². The Labute approximate surface area is 192 Å². The van der Waals surface area contributed by atoms with Gasteiger partial charge in [0.25, 0.3) is 5.91 Å². The molecule has 1 amide bonds. The summed E-state index contributed by atoms with van der Waals surface area (Å²) in [6.07, 6.45) is -0.766. The highest BCUT2D eigenvalue weighted by Crippen LogP contribution is 2.57. The first-order valence-electron chi connectivity index (χ1n) is 10.6. The molecule has 0 spiro atoms. The summed E-state index contributed by atoms with van der Waals surface area (Å²) in [6.45, 7) is 1.66. The van der Waals surface area contributed by atoms with Crippen molar-refractivity contribution in [2.75, 3.05) is 0 Å². The second-order valence-corrected chi connectivity index (χ2v) is 8.88. The largest absolute Gasteiger partial charge is 0.508 e. The zero-order chi connectivity index (χ0) is 24.7. The molecule has 10 nitrogen and oxygen atoms in total. The number of hydrogen-bond donors (Lipinski definition) is 6. The van der Waals surface area contributed by atoms with Crippen molar-refractivity contribution >= 4 is 23.2 Å². The van der Waals surface area contributed by atoms with Crippen molar-refractivity contribution in [2.45, 2.75) is 31.0 Å². The number of carbonyl (C=O) groups excluding carboxylic acids is 3. The minimum Gasteiger partial charge on any atom is -0.508 e. The number of carbonyl (C=O) groups is 3. The van der Waals surface area contributed by atoms with E-state index < -0.39 is 76.0 Å². The summed E-state index contributed by atoms with van der Waals surface area (Å²) >= 11 is 0. The normalized spacial score (nSPS) is 30.7. The molecule has 5 unspecified atom stereocenters. The molecule has 7 N–H and O–H groups in total. The summed E-state index contributed by atoms with van der Waals surface area (Å²) < 4.78 is 5.48. The van der Waals surface area contributed by atoms with Crippen LogP contribution in [0, 0.1) is 11.8 Å². The van der Waals surface area contributed by atoms with Crippen molar-refractivity contribution in [3.63, 3.8) is 0 Å². The molecular weight excluding hydrogens is 446 g/mol. The number of phenolic OH excluding ortho intramolecular Hbond substituents is 1. The van der Waals surface area contributed by atoms with Crippen LogP contribution in [-0.2, 0) is 14.4 Å². The van der Waals surface area contributed by atoms with Crippen molar-refractivity contribution in [2.24, 2.45) is 17.6 Å². The van der Waals surface area contributed by atoms with Crippen LogP contribution < -0.4 is 5.73 Å². The van der Waals surface area contributed by atoms with E-state index in [0.717, 1.165) is 0 Å². The fraction of sp³-hybridized carbons (Fsp3) is 0.292. The molecular formula is C24H21NO9. The highest BCUT2D eigenvalue weighted by Gasteiger charge is 2.65. The highest BCUT2D eigenvalue weighted by atomic mass is 16.4. The standard InChI is InChI=1S/C24H21NO9/c1-8-14-9(13-3-2-6-34-13)4-5-11(26)16(14)20(29)18-15(8)19(28)10-7-12(27)17(23(25)32)21(30)24(10,33)22(18)31/h2-6,8,10,15,19,26,28-30,33H,7H2,1H3,(H2,25,32). The molecule has 0 radical (unpaired) electrons. The number of aliphatic hydroxyl groups excluding tert-OH is 3. The smallest absolute Gasteiger partial charge is 0.255 e. The number of Topliss-reactive ketones (excluding diaryl/α,β-unsaturated/α-hetero) is 2. The van der Waals surface area contributed by atoms with E-state index in [0.29, 0.717) is 16.9 Å². The van der Waals surface area contributed by atoms with Gasteiger partial charge >= 0.3 is 0 Å². The molecule has 1 heterocycles. The summed E-state index contributed by atoms with van der Waals surface area (Å²) in [5.74, 6) is -8.60. The lowest BCUT2D eigenvalue weighted by molar-refractivity contribution is -0.160. The quantitative estimate of drug-likeness (QED) is 0.352. The summed E-state index contributed by atoms with van der Waals surface area (Å²) in [6, 6.07) is 6.21. The number of nitrogens with two attached hydrogens (primary N) is 1. The molecule has 10 heteroatoms. The SMILES string of the molecule is CC1c2c(-c3ccco3)ccc(O)c2C(O)=C2C(=O)C3(O)C(O)=C(C(N)=O)C(=O)CC3C(O)C21. The lowest BCUT2D eigenvalue weighted by Crippen LogP contribution is -2.63. The van der Waals surface area contributed by atoms with Gasteiger partial charge in [0, 0.05) is 29.4 Å². The molecule has 1 aromatic heterocycles. The van der Waals surface area contributed by atoms with Crippen molar-refractivity contribution < 1.29 is 44.3 Å². The third-order valence-electron chi connectivity index (χ3n) is 7.27. The van der Waals surface area contributed by atoms with Gasteiger partial charge in [-0.2, -0.15) is 0 Å². The maximum absolute atomic E-state index is 13.6. The van der Waals surface area contributed by atoms with Gasteiger partial charge in [0.05, 0.1) is 17.9 Å². The van der Waals surface area contributed by atoms with E-state index in [4.69, 9.17) is 10.2 Å². The molecule has 3 aliphatic rings. The number of aromatic hydroxyl groups is 1. The molecule has 0 bridgehead atoms. The Bertz CT molecular complexity index is 1340. The van der Waals surface area contributed by atoms with Gasteiger partial charge in [-0.3, -0.25) is 14.4 Å². The van der Waals surface area contributed by atoms with Gasteiger partial charge < -0.3 is 35.7 Å². The van der Waals surface area contributed by atoms with Gasteiger partial charge in [-0.1, -0.05) is 6.92 Å². The van der Waals surface area contributed by atoms with Crippen LogP contribution in [0.2, 0.25) is 0 Å². The van der Waals surface area contributed by atoms with E-state index in [1.807, 2.05) is 0 Å². The van der Waals surface area contributed by atoms with Gasteiger partial charge in [0.15, 0.2) is 11.4 Å². The van der Waals surface area contributed by atoms with Crippen LogP contribution in [0.1, 0.15) is 30.4 Å². The first-order valence-corrected chi connectivity index (χ1v) is 10.6. The monoisotopic (exact) mass is 467 g/mol. The van der Waals surface area contributed by atoms with Crippen LogP contribution in [0.15, 0.2) is 51.9 Å². The summed E-state index contributed by atoms with van der Waals surface area (Å²) in [5, 5.41) is 55.0. The van der Waals surface area contributed by atoms with Gasteiger partial charge in [-0.15, -0.1) is 0 Å². The topological polar surface area (TPSA) is 192 Å². The van der Waals surface area contributed by atoms with Crippen LogP contribution >= 0.6 is 0 Å². The van der Waals surface area contributed by atoms with Crippen LogP contribution in [-0.4, -0.2) is 54.7 Å². The lowest BCUT2D eigenvalue weighted by Gasteiger charge is -2.50. The minimum atomic E-state index is -2.86. The molecule has 3 aliphatic carbocycles. The predicted octanol–water partition coefficient (Wildman–Crippen LogP) is 1.22. The molecule has 1 fully saturated rings. The molecule has 0 saturated heterocycles. The fourth-order valence-electron chi connectivity index (χ4n) is 5.73. The molecule has 34 heavy (non-hydrogen) atoms. The number of phenols is 1. The minimum absolute atomic E-state index is 0.0827. The van der Waals surface area contributed by atoms with Crippen molar-refractivity contribution in [1.29, 1.82) is 0 Å². The number of hydrogen-bond acceptors (Lipinski definition) is 9. The second-order valence-electron chi connectivity index (χ2n) is 8.88. The van der Waals surface area contributed by atoms with Crippen molar-refractivity contribution in [3.05, 3.63) is 58.6 Å². The van der Waals surface area contributed by atoms with E-state index in [1.165, 1.54) is 12.3 Å². The number of ketones is 2. The van der Waals surface area contributed by atoms with Gasteiger partial charge in [0.1, 0.15) is 28.6 Å². The number of amides is 1. The molecule has 1 saturated carbocycles. The van der Waals surface area contributed by atoms with Crippen LogP contribution in [0.25, 0.3) is 17.1 Å². The Morgan fingerprint density at radius 3 is 2.50 bits per heavy atom. The Kier molecular flexibility index (Phi) is 4.55. The van der Waals surface area contributed by atoms with E-state index in [1.54, 1.807) is 25.1 Å². The molecule has 2 aromatic rings. The molecule has 5 rings (SSSR count). The predicted molar refractivity (Wildman–Crippen MR) is 115 cm³/mol. The van der Waals surface area contributed by atoms with Gasteiger partial charge in [0.2, 0.25) is 5.78 Å². The second kappa shape index (κ2) is 7.05. The average molecular weight is 467 g/mol. The number of rotatable bonds is 2. The Balaban J connectivity index is 1.80. The first kappa shape index (κ1) is 21.9. The molecule has 0 aliphatic heterocycles. The number of primary amides is 1. The molecule has 5 atom stereocenters. The molecule has 176 valence electrons. The zero-order valence-electron chi connectivity index (χ0n) is 17.8. The summed E-state index contributed by atoms with van der Waals surface area (Å²) in [7, 11) is 0. The van der Waals surface area contributed by atoms with E-state index in [2.05, 4.69) is 0 Å². The van der Waals surface area contributed by atoms with Crippen LogP contribution in [0.5, 0.6) is 5.75 Å². The fourth-order valence-corrected chi connectivity index (χ4v) is 5.73. The maximum atomic E-state index is 13.6. The molecule has 1 aromatic carbocycles. The lowest BCUT2D eigenvalue weighted by atomic mass is 9.55. The highest BCUT2D eigenvalue weighted by molar-refractivity contribution is 6.23. The number of benzene rings is 1. The summed E-state index contributed by atoms with van der Waals surface area (Å²) in [4.78, 5) is 37.8. The van der Waals surface area contributed by atoms with E-state index in [-0.39, 0.29) is 11.3 Å². The number of aliphatic hydroxyl groups is 4.